The van der Waals surface area contributed by atoms with Crippen LogP contribution in [0.25, 0.3) is 0 Å². The zero-order valence-corrected chi connectivity index (χ0v) is 12.1. The number of aromatic nitrogens is 2. The first kappa shape index (κ1) is 14.7. The van der Waals surface area contributed by atoms with Crippen molar-refractivity contribution in [3.8, 4) is 0 Å². The monoisotopic (exact) mass is 297 g/mol. The van der Waals surface area contributed by atoms with Crippen molar-refractivity contribution in [3.63, 3.8) is 0 Å². The van der Waals surface area contributed by atoms with Gasteiger partial charge in [-0.2, -0.15) is 0 Å². The number of hydrogen-bond acceptors (Lipinski definition) is 3. The summed E-state index contributed by atoms with van der Waals surface area (Å²) in [5.74, 6) is -0.208. The third kappa shape index (κ3) is 3.22. The zero-order valence-electron chi connectivity index (χ0n) is 11.3. The summed E-state index contributed by atoms with van der Waals surface area (Å²) >= 11 is 6.05. The fourth-order valence-corrected chi connectivity index (χ4v) is 1.82. The van der Waals surface area contributed by atoms with E-state index < -0.39 is 11.6 Å². The van der Waals surface area contributed by atoms with Gasteiger partial charge in [-0.15, -0.1) is 0 Å². The van der Waals surface area contributed by atoms with Gasteiger partial charge in [0.2, 0.25) is 0 Å². The Kier molecular flexibility index (Phi) is 4.18. The maximum absolute atomic E-state index is 13.2. The van der Waals surface area contributed by atoms with Crippen molar-refractivity contribution in [3.05, 3.63) is 46.4 Å². The molecule has 0 spiro atoms. The largest absolute Gasteiger partial charge is 0.340 e. The predicted octanol–water partition coefficient (Wildman–Crippen LogP) is 4.58. The van der Waals surface area contributed by atoms with Crippen LogP contribution in [0.15, 0.2) is 18.2 Å². The first-order valence-corrected chi connectivity index (χ1v) is 6.51. The van der Waals surface area contributed by atoms with E-state index in [1.165, 1.54) is 12.1 Å². The molecule has 2 rings (SSSR count). The molecule has 0 unspecified atom stereocenters. The smallest absolute Gasteiger partial charge is 0.138 e. The molecule has 0 radical (unpaired) electrons. The molecule has 3 nitrogen and oxygen atoms in total. The highest BCUT2D eigenvalue weighted by atomic mass is 35.5. The van der Waals surface area contributed by atoms with Gasteiger partial charge in [0.1, 0.15) is 28.4 Å². The number of halogens is 3. The van der Waals surface area contributed by atoms with Crippen molar-refractivity contribution in [1.82, 2.24) is 9.97 Å². The molecule has 0 fully saturated rings. The minimum absolute atomic E-state index is 0.0953. The molecule has 1 aromatic heterocycles. The summed E-state index contributed by atoms with van der Waals surface area (Å²) in [6.45, 7) is 5.61. The number of nitrogens with zero attached hydrogens (tertiary/aromatic N) is 2. The van der Waals surface area contributed by atoms with Crippen molar-refractivity contribution >= 4 is 23.1 Å². The minimum atomic E-state index is -0.658. The SMILES string of the molecule is Cc1c(Cl)nc(C(C)C)nc1Nc1cc(F)cc(F)c1. The van der Waals surface area contributed by atoms with Gasteiger partial charge in [0, 0.05) is 23.2 Å². The lowest BCUT2D eigenvalue weighted by atomic mass is 10.2. The molecule has 6 heteroatoms. The summed E-state index contributed by atoms with van der Waals surface area (Å²) in [5, 5.41) is 3.20. The average molecular weight is 298 g/mol. The van der Waals surface area contributed by atoms with Gasteiger partial charge in [-0.3, -0.25) is 0 Å². The number of hydrogen-bond donors (Lipinski definition) is 1. The Morgan fingerprint density at radius 1 is 1.10 bits per heavy atom. The third-order valence-corrected chi connectivity index (χ3v) is 3.11. The molecule has 0 amide bonds. The van der Waals surface area contributed by atoms with E-state index in [0.29, 0.717) is 22.4 Å². The van der Waals surface area contributed by atoms with Crippen LogP contribution in [0.4, 0.5) is 20.3 Å². The highest BCUT2D eigenvalue weighted by Crippen LogP contribution is 2.26. The fraction of sp³-hybridized carbons (Fsp3) is 0.286. The Morgan fingerprint density at radius 3 is 2.25 bits per heavy atom. The molecular weight excluding hydrogens is 284 g/mol. The van der Waals surface area contributed by atoms with E-state index in [1.807, 2.05) is 13.8 Å². The van der Waals surface area contributed by atoms with Gasteiger partial charge in [-0.25, -0.2) is 18.7 Å². The van der Waals surface area contributed by atoms with Crippen LogP contribution in [-0.4, -0.2) is 9.97 Å². The minimum Gasteiger partial charge on any atom is -0.340 e. The second-order valence-electron chi connectivity index (χ2n) is 4.78. The molecule has 0 atom stereocenters. The van der Waals surface area contributed by atoms with E-state index in [2.05, 4.69) is 15.3 Å². The lowest BCUT2D eigenvalue weighted by Gasteiger charge is -2.13. The van der Waals surface area contributed by atoms with E-state index in [9.17, 15) is 8.78 Å². The van der Waals surface area contributed by atoms with E-state index in [-0.39, 0.29) is 11.6 Å². The first-order chi connectivity index (χ1) is 9.36. The first-order valence-electron chi connectivity index (χ1n) is 6.14. The Balaban J connectivity index is 2.42. The molecule has 1 N–H and O–H groups in total. The molecule has 0 aliphatic carbocycles. The normalized spacial score (nSPS) is 10.9. The van der Waals surface area contributed by atoms with Crippen LogP contribution in [0, 0.1) is 18.6 Å². The topological polar surface area (TPSA) is 37.8 Å². The zero-order chi connectivity index (χ0) is 14.9. The highest BCUT2D eigenvalue weighted by Gasteiger charge is 2.12. The van der Waals surface area contributed by atoms with Crippen molar-refractivity contribution in [1.29, 1.82) is 0 Å². The van der Waals surface area contributed by atoms with Crippen LogP contribution < -0.4 is 5.32 Å². The standard InChI is InChI=1S/C14H14ClF2N3/c1-7(2)13-19-12(15)8(3)14(20-13)18-11-5-9(16)4-10(17)6-11/h4-7H,1-3H3,(H,18,19,20). The molecule has 0 aliphatic rings. The molecular formula is C14H14ClF2N3. The van der Waals surface area contributed by atoms with Crippen LogP contribution in [0.2, 0.25) is 5.15 Å². The van der Waals surface area contributed by atoms with E-state index in [4.69, 9.17) is 11.6 Å². The van der Waals surface area contributed by atoms with Gasteiger partial charge in [-0.1, -0.05) is 25.4 Å². The van der Waals surface area contributed by atoms with Gasteiger partial charge >= 0.3 is 0 Å². The van der Waals surface area contributed by atoms with Gasteiger partial charge in [-0.05, 0) is 19.1 Å². The maximum Gasteiger partial charge on any atom is 0.138 e. The lowest BCUT2D eigenvalue weighted by Crippen LogP contribution is -2.05. The summed E-state index contributed by atoms with van der Waals surface area (Å²) in [6, 6.07) is 3.19. The Morgan fingerprint density at radius 2 is 1.70 bits per heavy atom. The molecule has 0 saturated heterocycles. The van der Waals surface area contributed by atoms with Crippen LogP contribution in [0.3, 0.4) is 0 Å². The number of nitrogens with one attached hydrogen (secondary N) is 1. The number of rotatable bonds is 3. The van der Waals surface area contributed by atoms with E-state index in [1.54, 1.807) is 6.92 Å². The summed E-state index contributed by atoms with van der Waals surface area (Å²) < 4.78 is 26.4. The summed E-state index contributed by atoms with van der Waals surface area (Å²) in [5.41, 5.74) is 0.899. The van der Waals surface area contributed by atoms with Gasteiger partial charge < -0.3 is 5.32 Å². The predicted molar refractivity (Wildman–Crippen MR) is 75.5 cm³/mol. The average Bonchev–Trinajstić information content (AvgIpc) is 2.33. The maximum atomic E-state index is 13.2. The summed E-state index contributed by atoms with van der Waals surface area (Å²) in [7, 11) is 0. The fourth-order valence-electron chi connectivity index (χ4n) is 1.65. The van der Waals surface area contributed by atoms with Crippen molar-refractivity contribution in [2.75, 3.05) is 5.32 Å². The lowest BCUT2D eigenvalue weighted by molar-refractivity contribution is 0.584. The van der Waals surface area contributed by atoms with Gasteiger partial charge in [0.05, 0.1) is 0 Å². The molecule has 20 heavy (non-hydrogen) atoms. The second-order valence-corrected chi connectivity index (χ2v) is 5.14. The molecule has 2 aromatic rings. The molecule has 1 aromatic carbocycles. The Hall–Kier alpha value is -1.75. The van der Waals surface area contributed by atoms with E-state index in [0.717, 1.165) is 6.07 Å². The van der Waals surface area contributed by atoms with E-state index >= 15 is 0 Å². The van der Waals surface area contributed by atoms with Crippen LogP contribution in [0.1, 0.15) is 31.2 Å². The third-order valence-electron chi connectivity index (χ3n) is 2.75. The van der Waals surface area contributed by atoms with Crippen molar-refractivity contribution < 1.29 is 8.78 Å². The Labute approximate surface area is 121 Å². The molecule has 0 bridgehead atoms. The van der Waals surface area contributed by atoms with Gasteiger partial charge in [0.25, 0.3) is 0 Å². The second kappa shape index (κ2) is 5.71. The molecule has 0 saturated carbocycles. The molecule has 106 valence electrons. The van der Waals surface area contributed by atoms with Crippen molar-refractivity contribution in [2.24, 2.45) is 0 Å². The Bertz CT molecular complexity index is 624. The quantitative estimate of drug-likeness (QED) is 0.842. The number of benzene rings is 1. The molecule has 0 aliphatic heterocycles. The van der Waals surface area contributed by atoms with Crippen LogP contribution >= 0.6 is 11.6 Å². The molecule has 1 heterocycles. The van der Waals surface area contributed by atoms with Crippen molar-refractivity contribution in [2.45, 2.75) is 26.7 Å². The van der Waals surface area contributed by atoms with Crippen LogP contribution in [-0.2, 0) is 0 Å². The van der Waals surface area contributed by atoms with Crippen LogP contribution in [0.5, 0.6) is 0 Å². The summed E-state index contributed by atoms with van der Waals surface area (Å²) in [6.07, 6.45) is 0. The highest BCUT2D eigenvalue weighted by molar-refractivity contribution is 6.30. The van der Waals surface area contributed by atoms with Gasteiger partial charge in [0.15, 0.2) is 0 Å². The summed E-state index contributed by atoms with van der Waals surface area (Å²) in [4.78, 5) is 8.51. The number of anilines is 2.